The van der Waals surface area contributed by atoms with Crippen LogP contribution in [-0.4, -0.2) is 40.0 Å². The summed E-state index contributed by atoms with van der Waals surface area (Å²) in [6, 6.07) is 11.9. The van der Waals surface area contributed by atoms with Gasteiger partial charge in [-0.1, -0.05) is 12.1 Å². The van der Waals surface area contributed by atoms with Gasteiger partial charge in [-0.15, -0.1) is 0 Å². The van der Waals surface area contributed by atoms with E-state index >= 15 is 0 Å². The van der Waals surface area contributed by atoms with E-state index in [1.165, 1.54) is 21.0 Å². The van der Waals surface area contributed by atoms with Crippen molar-refractivity contribution in [3.8, 4) is 0 Å². The van der Waals surface area contributed by atoms with Crippen molar-refractivity contribution in [3.63, 3.8) is 0 Å². The van der Waals surface area contributed by atoms with Crippen LogP contribution in [0.25, 0.3) is 10.9 Å². The zero-order chi connectivity index (χ0) is 20.4. The van der Waals surface area contributed by atoms with Gasteiger partial charge in [-0.3, -0.25) is 14.5 Å². The molecule has 2 aromatic heterocycles. The van der Waals surface area contributed by atoms with Gasteiger partial charge in [0.15, 0.2) is 0 Å². The first-order valence-electron chi connectivity index (χ1n) is 10.2. The smallest absolute Gasteiger partial charge is 0.263 e. The Balaban J connectivity index is 1.37. The van der Waals surface area contributed by atoms with E-state index in [1.807, 2.05) is 13.1 Å². The van der Waals surface area contributed by atoms with E-state index in [9.17, 15) is 9.59 Å². The van der Waals surface area contributed by atoms with Crippen LogP contribution in [0.2, 0.25) is 0 Å². The number of benzene rings is 1. The van der Waals surface area contributed by atoms with Crippen molar-refractivity contribution in [1.82, 2.24) is 19.8 Å². The second kappa shape index (κ2) is 8.25. The number of aryl methyl sites for hydroxylation is 1. The summed E-state index contributed by atoms with van der Waals surface area (Å²) in [6.45, 7) is 5.39. The number of nitrogens with one attached hydrogen (secondary N) is 2. The summed E-state index contributed by atoms with van der Waals surface area (Å²) in [5, 5.41) is 4.26. The third-order valence-corrected chi connectivity index (χ3v) is 6.03. The molecular weight excluding hydrogens is 364 g/mol. The average Bonchev–Trinajstić information content (AvgIpc) is 3.21. The van der Waals surface area contributed by atoms with Gasteiger partial charge < -0.3 is 14.9 Å². The molecule has 1 fully saturated rings. The van der Waals surface area contributed by atoms with Gasteiger partial charge in [0.2, 0.25) is 0 Å². The number of aromatic amines is 1. The maximum Gasteiger partial charge on any atom is 0.263 e. The SMILES string of the molecule is Cc1ccc(C(=O)NCC2CCCN(Cc3cccc4[nH]ccc34)C2)c(=O)n1C. The molecule has 1 aliphatic heterocycles. The number of hydrogen-bond acceptors (Lipinski definition) is 3. The third-order valence-electron chi connectivity index (χ3n) is 6.03. The molecule has 6 heteroatoms. The fourth-order valence-electron chi connectivity index (χ4n) is 4.22. The normalized spacial score (nSPS) is 17.5. The third kappa shape index (κ3) is 4.12. The predicted octanol–water partition coefficient (Wildman–Crippen LogP) is 2.82. The summed E-state index contributed by atoms with van der Waals surface area (Å²) < 4.78 is 1.51. The molecule has 0 radical (unpaired) electrons. The van der Waals surface area contributed by atoms with Crippen LogP contribution in [0.15, 0.2) is 47.4 Å². The van der Waals surface area contributed by atoms with Crippen LogP contribution in [0.3, 0.4) is 0 Å². The molecule has 3 aromatic rings. The quantitative estimate of drug-likeness (QED) is 0.701. The second-order valence-electron chi connectivity index (χ2n) is 8.06. The van der Waals surface area contributed by atoms with E-state index in [0.29, 0.717) is 12.5 Å². The molecule has 0 saturated carbocycles. The lowest BCUT2D eigenvalue weighted by Crippen LogP contribution is -2.41. The van der Waals surface area contributed by atoms with Crippen LogP contribution < -0.4 is 10.9 Å². The first kappa shape index (κ1) is 19.5. The molecule has 3 heterocycles. The number of rotatable bonds is 5. The van der Waals surface area contributed by atoms with Gasteiger partial charge in [-0.05, 0) is 62.1 Å². The first-order valence-corrected chi connectivity index (χ1v) is 10.2. The summed E-state index contributed by atoms with van der Waals surface area (Å²) >= 11 is 0. The molecule has 152 valence electrons. The minimum Gasteiger partial charge on any atom is -0.361 e. The Hall–Kier alpha value is -2.86. The summed E-state index contributed by atoms with van der Waals surface area (Å²) in [5.41, 5.74) is 3.31. The Morgan fingerprint density at radius 2 is 2.10 bits per heavy atom. The molecule has 6 nitrogen and oxygen atoms in total. The van der Waals surface area contributed by atoms with Crippen molar-refractivity contribution in [2.24, 2.45) is 13.0 Å². The van der Waals surface area contributed by atoms with Gasteiger partial charge in [-0.2, -0.15) is 0 Å². The highest BCUT2D eigenvalue weighted by atomic mass is 16.2. The van der Waals surface area contributed by atoms with E-state index in [0.717, 1.165) is 38.2 Å². The largest absolute Gasteiger partial charge is 0.361 e. The van der Waals surface area contributed by atoms with Crippen LogP contribution in [-0.2, 0) is 13.6 Å². The number of piperidine rings is 1. The highest BCUT2D eigenvalue weighted by Crippen LogP contribution is 2.22. The second-order valence-corrected chi connectivity index (χ2v) is 8.06. The minimum absolute atomic E-state index is 0.213. The standard InChI is InChI=1S/C23H28N4O2/c1-16-8-9-20(23(29)26(16)2)22(28)25-13-17-5-4-12-27(14-17)15-18-6-3-7-21-19(18)10-11-24-21/h3,6-11,17,24H,4-5,12-15H2,1-2H3,(H,25,28). The fraction of sp³-hybridized carbons (Fsp3) is 0.391. The molecule has 1 aliphatic rings. The van der Waals surface area contributed by atoms with Crippen molar-refractivity contribution >= 4 is 16.8 Å². The summed E-state index contributed by atoms with van der Waals surface area (Å²) in [4.78, 5) is 30.6. The number of pyridine rings is 1. The van der Waals surface area contributed by atoms with E-state index in [2.05, 4.69) is 39.5 Å². The van der Waals surface area contributed by atoms with Crippen molar-refractivity contribution in [2.75, 3.05) is 19.6 Å². The molecular formula is C23H28N4O2. The summed E-state index contributed by atoms with van der Waals surface area (Å²) in [6.07, 6.45) is 4.20. The predicted molar refractivity (Wildman–Crippen MR) is 115 cm³/mol. The number of nitrogens with zero attached hydrogens (tertiary/aromatic N) is 2. The molecule has 2 N–H and O–H groups in total. The number of likely N-dealkylation sites (tertiary alicyclic amines) is 1. The molecule has 0 aliphatic carbocycles. The Morgan fingerprint density at radius 1 is 1.24 bits per heavy atom. The Kier molecular flexibility index (Phi) is 5.53. The summed E-state index contributed by atoms with van der Waals surface area (Å²) in [5.74, 6) is 0.118. The molecule has 1 aromatic carbocycles. The van der Waals surface area contributed by atoms with E-state index < -0.39 is 0 Å². The molecule has 29 heavy (non-hydrogen) atoms. The van der Waals surface area contributed by atoms with E-state index in [-0.39, 0.29) is 17.0 Å². The van der Waals surface area contributed by atoms with Crippen LogP contribution in [0.1, 0.15) is 34.5 Å². The maximum absolute atomic E-state index is 12.5. The number of fused-ring (bicyclic) bond motifs is 1. The van der Waals surface area contributed by atoms with Crippen LogP contribution in [0.5, 0.6) is 0 Å². The molecule has 1 amide bonds. The molecule has 1 atom stereocenters. The van der Waals surface area contributed by atoms with E-state index in [1.54, 1.807) is 19.2 Å². The van der Waals surface area contributed by atoms with Gasteiger partial charge in [0.05, 0.1) is 0 Å². The van der Waals surface area contributed by atoms with Crippen LogP contribution >= 0.6 is 0 Å². The van der Waals surface area contributed by atoms with Gasteiger partial charge in [-0.25, -0.2) is 0 Å². The monoisotopic (exact) mass is 392 g/mol. The van der Waals surface area contributed by atoms with Crippen LogP contribution in [0, 0.1) is 12.8 Å². The lowest BCUT2D eigenvalue weighted by Gasteiger charge is -2.33. The van der Waals surface area contributed by atoms with Crippen molar-refractivity contribution in [2.45, 2.75) is 26.3 Å². The minimum atomic E-state index is -0.278. The van der Waals surface area contributed by atoms with Gasteiger partial charge in [0.1, 0.15) is 5.56 Å². The fourth-order valence-corrected chi connectivity index (χ4v) is 4.22. The Morgan fingerprint density at radius 3 is 2.97 bits per heavy atom. The van der Waals surface area contributed by atoms with E-state index in [4.69, 9.17) is 0 Å². The summed E-state index contributed by atoms with van der Waals surface area (Å²) in [7, 11) is 1.69. The lowest BCUT2D eigenvalue weighted by atomic mass is 9.97. The van der Waals surface area contributed by atoms with Crippen molar-refractivity contribution < 1.29 is 4.79 Å². The number of H-pyrrole nitrogens is 1. The first-order chi connectivity index (χ1) is 14.0. The van der Waals surface area contributed by atoms with Crippen molar-refractivity contribution in [3.05, 3.63) is 69.8 Å². The van der Waals surface area contributed by atoms with Gasteiger partial charge in [0, 0.05) is 49.5 Å². The average molecular weight is 393 g/mol. The number of aromatic nitrogens is 2. The number of amides is 1. The molecule has 0 spiro atoms. The maximum atomic E-state index is 12.5. The Labute approximate surface area is 170 Å². The number of carbonyl (C=O) groups excluding carboxylic acids is 1. The molecule has 0 bridgehead atoms. The van der Waals surface area contributed by atoms with Gasteiger partial charge >= 0.3 is 0 Å². The Bertz CT molecular complexity index is 1080. The zero-order valence-corrected chi connectivity index (χ0v) is 17.1. The molecule has 4 rings (SSSR count). The molecule has 1 unspecified atom stereocenters. The number of hydrogen-bond donors (Lipinski definition) is 2. The highest BCUT2D eigenvalue weighted by Gasteiger charge is 2.22. The number of carbonyl (C=O) groups is 1. The highest BCUT2D eigenvalue weighted by molar-refractivity contribution is 5.93. The van der Waals surface area contributed by atoms with Crippen LogP contribution in [0.4, 0.5) is 0 Å². The zero-order valence-electron chi connectivity index (χ0n) is 17.1. The molecule has 1 saturated heterocycles. The lowest BCUT2D eigenvalue weighted by molar-refractivity contribution is 0.0928. The van der Waals surface area contributed by atoms with Gasteiger partial charge in [0.25, 0.3) is 11.5 Å². The van der Waals surface area contributed by atoms with Crippen molar-refractivity contribution in [1.29, 1.82) is 0 Å². The topological polar surface area (TPSA) is 70.1 Å².